The van der Waals surface area contributed by atoms with Gasteiger partial charge in [-0.05, 0) is 38.6 Å². The van der Waals surface area contributed by atoms with Gasteiger partial charge in [0.05, 0.1) is 13.2 Å². The van der Waals surface area contributed by atoms with E-state index in [-0.39, 0.29) is 0 Å². The molecule has 1 N–H and O–H groups in total. The summed E-state index contributed by atoms with van der Waals surface area (Å²) in [7, 11) is 3.70. The predicted molar refractivity (Wildman–Crippen MR) is 71.7 cm³/mol. The van der Waals surface area contributed by atoms with Crippen molar-refractivity contribution < 1.29 is 4.74 Å². The number of hydrogen-bond donors (Lipinski definition) is 1. The van der Waals surface area contributed by atoms with E-state index in [2.05, 4.69) is 23.3 Å². The summed E-state index contributed by atoms with van der Waals surface area (Å²) in [6.07, 6.45) is 1.92. The van der Waals surface area contributed by atoms with Crippen molar-refractivity contribution in [2.75, 3.05) is 32.6 Å². The molecule has 1 saturated heterocycles. The van der Waals surface area contributed by atoms with Crippen LogP contribution in [0.3, 0.4) is 0 Å². The van der Waals surface area contributed by atoms with Crippen LogP contribution in [0.1, 0.15) is 12.8 Å². The van der Waals surface area contributed by atoms with Crippen LogP contribution in [0.15, 0.2) is 24.3 Å². The zero-order valence-electron chi connectivity index (χ0n) is 10.9. The van der Waals surface area contributed by atoms with Gasteiger partial charge in [0.1, 0.15) is 11.3 Å². The van der Waals surface area contributed by atoms with Crippen molar-refractivity contribution in [2.24, 2.45) is 0 Å². The summed E-state index contributed by atoms with van der Waals surface area (Å²) in [5.74, 6) is 0.803. The van der Waals surface area contributed by atoms with Crippen LogP contribution in [0.2, 0.25) is 0 Å². The molecule has 96 valence electrons. The van der Waals surface area contributed by atoms with E-state index in [0.29, 0.717) is 0 Å². The van der Waals surface area contributed by atoms with Crippen LogP contribution in [0, 0.1) is 11.3 Å². The largest absolute Gasteiger partial charge is 0.497 e. The normalized spacial score (nSPS) is 24.3. The van der Waals surface area contributed by atoms with Gasteiger partial charge in [0, 0.05) is 18.3 Å². The SMILES string of the molecule is COc1cccc(NC2(C#N)CCCN(C)C2)c1. The summed E-state index contributed by atoms with van der Waals surface area (Å²) in [6, 6.07) is 10.2. The summed E-state index contributed by atoms with van der Waals surface area (Å²) in [5.41, 5.74) is 0.450. The Balaban J connectivity index is 2.17. The van der Waals surface area contributed by atoms with E-state index in [4.69, 9.17) is 4.74 Å². The van der Waals surface area contributed by atoms with Gasteiger partial charge >= 0.3 is 0 Å². The Hall–Kier alpha value is -1.73. The van der Waals surface area contributed by atoms with Gasteiger partial charge < -0.3 is 15.0 Å². The highest BCUT2D eigenvalue weighted by atomic mass is 16.5. The molecule has 1 atom stereocenters. The number of piperidine rings is 1. The van der Waals surface area contributed by atoms with Crippen LogP contribution >= 0.6 is 0 Å². The standard InChI is InChI=1S/C14H19N3O/c1-17-8-4-7-14(10-15,11-17)16-12-5-3-6-13(9-12)18-2/h3,5-6,9,16H,4,7-8,11H2,1-2H3. The lowest BCUT2D eigenvalue weighted by Crippen LogP contribution is -2.50. The maximum atomic E-state index is 9.48. The van der Waals surface area contributed by atoms with Crippen LogP contribution < -0.4 is 10.1 Å². The van der Waals surface area contributed by atoms with Crippen molar-refractivity contribution in [2.45, 2.75) is 18.4 Å². The molecule has 0 bridgehead atoms. The number of ether oxygens (including phenoxy) is 1. The Morgan fingerprint density at radius 1 is 1.50 bits per heavy atom. The molecule has 0 aromatic heterocycles. The summed E-state index contributed by atoms with van der Waals surface area (Å²) in [6.45, 7) is 1.81. The van der Waals surface area contributed by atoms with Crippen molar-refractivity contribution >= 4 is 5.69 Å². The zero-order chi connectivity index (χ0) is 13.0. The Labute approximate surface area is 108 Å². The van der Waals surface area contributed by atoms with Crippen LogP contribution in [0.4, 0.5) is 5.69 Å². The molecule has 18 heavy (non-hydrogen) atoms. The average Bonchev–Trinajstić information content (AvgIpc) is 2.39. The lowest BCUT2D eigenvalue weighted by atomic mass is 9.90. The number of benzene rings is 1. The summed E-state index contributed by atoms with van der Waals surface area (Å²) in [4.78, 5) is 2.19. The van der Waals surface area contributed by atoms with Crippen LogP contribution in [0.5, 0.6) is 5.75 Å². The van der Waals surface area contributed by atoms with Crippen molar-refractivity contribution in [3.05, 3.63) is 24.3 Å². The van der Waals surface area contributed by atoms with Gasteiger partial charge in [-0.3, -0.25) is 0 Å². The van der Waals surface area contributed by atoms with Crippen LogP contribution in [0.25, 0.3) is 0 Å². The summed E-state index contributed by atoms with van der Waals surface area (Å²) >= 11 is 0. The fraction of sp³-hybridized carbons (Fsp3) is 0.500. The lowest BCUT2D eigenvalue weighted by molar-refractivity contribution is 0.227. The predicted octanol–water partition coefficient (Wildman–Crippen LogP) is 2.10. The van der Waals surface area contributed by atoms with E-state index < -0.39 is 5.54 Å². The van der Waals surface area contributed by atoms with E-state index in [9.17, 15) is 5.26 Å². The molecule has 1 aromatic rings. The number of anilines is 1. The van der Waals surface area contributed by atoms with E-state index >= 15 is 0 Å². The lowest BCUT2D eigenvalue weighted by Gasteiger charge is -2.37. The van der Waals surface area contributed by atoms with Gasteiger partial charge in [0.25, 0.3) is 0 Å². The monoisotopic (exact) mass is 245 g/mol. The molecule has 1 unspecified atom stereocenters. The van der Waals surface area contributed by atoms with Gasteiger partial charge in [-0.15, -0.1) is 0 Å². The number of methoxy groups -OCH3 is 1. The Kier molecular flexibility index (Phi) is 3.73. The first-order valence-corrected chi connectivity index (χ1v) is 6.19. The van der Waals surface area contributed by atoms with Gasteiger partial charge in [-0.2, -0.15) is 5.26 Å². The maximum Gasteiger partial charge on any atom is 0.138 e. The molecule has 0 saturated carbocycles. The number of hydrogen-bond acceptors (Lipinski definition) is 4. The number of nitriles is 1. The fourth-order valence-corrected chi connectivity index (χ4v) is 2.47. The molecule has 4 nitrogen and oxygen atoms in total. The minimum atomic E-state index is -0.487. The highest BCUT2D eigenvalue weighted by molar-refractivity contribution is 5.52. The zero-order valence-corrected chi connectivity index (χ0v) is 10.9. The topological polar surface area (TPSA) is 48.3 Å². The molecular formula is C14H19N3O. The molecule has 1 heterocycles. The Morgan fingerprint density at radius 2 is 2.33 bits per heavy atom. The molecule has 0 amide bonds. The van der Waals surface area contributed by atoms with E-state index in [1.807, 2.05) is 24.3 Å². The highest BCUT2D eigenvalue weighted by Gasteiger charge is 2.34. The van der Waals surface area contributed by atoms with E-state index in [0.717, 1.165) is 37.4 Å². The first kappa shape index (κ1) is 12.7. The number of nitrogens with zero attached hydrogens (tertiary/aromatic N) is 2. The number of nitrogens with one attached hydrogen (secondary N) is 1. The molecule has 1 fully saturated rings. The second-order valence-electron chi connectivity index (χ2n) is 4.89. The first-order valence-electron chi connectivity index (χ1n) is 6.19. The third-order valence-corrected chi connectivity index (χ3v) is 3.35. The molecular weight excluding hydrogens is 226 g/mol. The highest BCUT2D eigenvalue weighted by Crippen LogP contribution is 2.26. The van der Waals surface area contributed by atoms with Gasteiger partial charge in [-0.1, -0.05) is 6.07 Å². The summed E-state index contributed by atoms with van der Waals surface area (Å²) in [5, 5.41) is 12.8. The minimum absolute atomic E-state index is 0.487. The molecule has 0 aliphatic carbocycles. The summed E-state index contributed by atoms with van der Waals surface area (Å²) < 4.78 is 5.20. The van der Waals surface area contributed by atoms with Gasteiger partial charge in [-0.25, -0.2) is 0 Å². The first-order chi connectivity index (χ1) is 8.67. The van der Waals surface area contributed by atoms with Crippen LogP contribution in [-0.4, -0.2) is 37.7 Å². The smallest absolute Gasteiger partial charge is 0.138 e. The Bertz CT molecular complexity index is 455. The van der Waals surface area contributed by atoms with Crippen LogP contribution in [-0.2, 0) is 0 Å². The molecule has 1 aliphatic rings. The molecule has 1 aliphatic heterocycles. The van der Waals surface area contributed by atoms with Crippen molar-refractivity contribution in [3.8, 4) is 11.8 Å². The molecule has 2 rings (SSSR count). The Morgan fingerprint density at radius 3 is 3.00 bits per heavy atom. The quantitative estimate of drug-likeness (QED) is 0.886. The number of likely N-dealkylation sites (N-methyl/N-ethyl adjacent to an activating group) is 1. The third kappa shape index (κ3) is 2.74. The maximum absolute atomic E-state index is 9.48. The van der Waals surface area contributed by atoms with Gasteiger partial charge in [0.2, 0.25) is 0 Å². The molecule has 0 spiro atoms. The minimum Gasteiger partial charge on any atom is -0.497 e. The third-order valence-electron chi connectivity index (χ3n) is 3.35. The fourth-order valence-electron chi connectivity index (χ4n) is 2.47. The second kappa shape index (κ2) is 5.28. The van der Waals surface area contributed by atoms with Crippen molar-refractivity contribution in [1.29, 1.82) is 5.26 Å². The van der Waals surface area contributed by atoms with E-state index in [1.54, 1.807) is 7.11 Å². The van der Waals surface area contributed by atoms with E-state index in [1.165, 1.54) is 0 Å². The molecule has 4 heteroatoms. The molecule has 0 radical (unpaired) electrons. The number of rotatable bonds is 3. The van der Waals surface area contributed by atoms with Gasteiger partial charge in [0.15, 0.2) is 0 Å². The number of likely N-dealkylation sites (tertiary alicyclic amines) is 1. The second-order valence-corrected chi connectivity index (χ2v) is 4.89. The van der Waals surface area contributed by atoms with Crippen molar-refractivity contribution in [3.63, 3.8) is 0 Å². The molecule has 1 aromatic carbocycles. The average molecular weight is 245 g/mol. The van der Waals surface area contributed by atoms with Crippen molar-refractivity contribution in [1.82, 2.24) is 4.90 Å².